The van der Waals surface area contributed by atoms with E-state index in [1.807, 2.05) is 19.1 Å². The van der Waals surface area contributed by atoms with E-state index in [-0.39, 0.29) is 34.9 Å². The Hall–Kier alpha value is -2.48. The fourth-order valence-corrected chi connectivity index (χ4v) is 3.35. The molecule has 164 valence electrons. The highest BCUT2D eigenvalue weighted by Gasteiger charge is 2.34. The van der Waals surface area contributed by atoms with E-state index in [9.17, 15) is 14.4 Å². The second-order valence-corrected chi connectivity index (χ2v) is 8.89. The molecule has 7 nitrogen and oxygen atoms in total. The van der Waals surface area contributed by atoms with Gasteiger partial charge in [0.1, 0.15) is 6.04 Å². The van der Waals surface area contributed by atoms with Gasteiger partial charge in [0.25, 0.3) is 5.91 Å². The molecule has 2 rings (SSSR count). The maximum Gasteiger partial charge on any atom is 0.308 e. The van der Waals surface area contributed by atoms with Crippen LogP contribution in [0.25, 0.3) is 0 Å². The summed E-state index contributed by atoms with van der Waals surface area (Å²) in [6.45, 7) is 10.8. The summed E-state index contributed by atoms with van der Waals surface area (Å²) in [7, 11) is 0. The van der Waals surface area contributed by atoms with Gasteiger partial charge in [0.2, 0.25) is 5.91 Å². The maximum absolute atomic E-state index is 12.6. The van der Waals surface area contributed by atoms with E-state index in [2.05, 4.69) is 31.4 Å². The minimum absolute atomic E-state index is 0.0113. The summed E-state index contributed by atoms with van der Waals surface area (Å²) in [5.74, 6) is -1.14. The van der Waals surface area contributed by atoms with Crippen LogP contribution in [0.4, 0.5) is 0 Å². The Balaban J connectivity index is 2.06. The predicted molar refractivity (Wildman–Crippen MR) is 119 cm³/mol. The number of nitrogens with one attached hydrogen (secondary N) is 2. The van der Waals surface area contributed by atoms with Crippen LogP contribution >= 0.6 is 12.2 Å². The highest BCUT2D eigenvalue weighted by molar-refractivity contribution is 7.80. The van der Waals surface area contributed by atoms with E-state index in [1.165, 1.54) is 0 Å². The summed E-state index contributed by atoms with van der Waals surface area (Å²) in [6, 6.07) is 6.52. The van der Waals surface area contributed by atoms with E-state index in [4.69, 9.17) is 17.0 Å². The van der Waals surface area contributed by atoms with Crippen LogP contribution in [0.1, 0.15) is 63.4 Å². The lowest BCUT2D eigenvalue weighted by Gasteiger charge is -2.36. The molecule has 2 unspecified atom stereocenters. The van der Waals surface area contributed by atoms with Gasteiger partial charge in [-0.3, -0.25) is 19.7 Å². The van der Waals surface area contributed by atoms with Gasteiger partial charge in [0, 0.05) is 18.7 Å². The number of hydrogen-bond donors (Lipinski definition) is 2. The normalized spacial score (nSPS) is 17.7. The van der Waals surface area contributed by atoms with Crippen molar-refractivity contribution >= 4 is 35.1 Å². The molecule has 0 aromatic heterocycles. The summed E-state index contributed by atoms with van der Waals surface area (Å²) in [4.78, 5) is 38.8. The number of amides is 2. The smallest absolute Gasteiger partial charge is 0.308 e. The van der Waals surface area contributed by atoms with E-state index in [0.717, 1.165) is 5.56 Å². The van der Waals surface area contributed by atoms with E-state index in [0.29, 0.717) is 25.1 Å². The molecule has 1 fully saturated rings. The third-order valence-electron chi connectivity index (χ3n) is 5.09. The summed E-state index contributed by atoms with van der Waals surface area (Å²) < 4.78 is 5.29. The van der Waals surface area contributed by atoms with Gasteiger partial charge in [0.05, 0.1) is 12.5 Å². The first-order chi connectivity index (χ1) is 14.0. The van der Waals surface area contributed by atoms with Crippen LogP contribution in [0, 0.1) is 0 Å². The molecular formula is C22H31N3O4S. The molecule has 1 saturated heterocycles. The van der Waals surface area contributed by atoms with Crippen LogP contribution in [0.2, 0.25) is 0 Å². The fraction of sp³-hybridized carbons (Fsp3) is 0.545. The van der Waals surface area contributed by atoms with Crippen LogP contribution < -0.4 is 10.6 Å². The fourth-order valence-electron chi connectivity index (χ4n) is 3.04. The number of carbonyl (C=O) groups is 3. The van der Waals surface area contributed by atoms with Gasteiger partial charge in [-0.05, 0) is 48.7 Å². The summed E-state index contributed by atoms with van der Waals surface area (Å²) in [5, 5.41) is 5.54. The van der Waals surface area contributed by atoms with Crippen LogP contribution in [0.3, 0.4) is 0 Å². The molecule has 0 spiro atoms. The van der Waals surface area contributed by atoms with Crippen LogP contribution in [-0.2, 0) is 19.7 Å². The third kappa shape index (κ3) is 6.26. The molecule has 0 radical (unpaired) electrons. The lowest BCUT2D eigenvalue weighted by atomic mass is 9.87. The second-order valence-electron chi connectivity index (χ2n) is 8.50. The SMILES string of the molecule is CCC(C)OC(=O)CC1C(=O)NCCN1C(=S)NC(=O)c1ccc(C(C)(C)C)cc1. The molecule has 1 aromatic carbocycles. The predicted octanol–water partition coefficient (Wildman–Crippen LogP) is 2.53. The Morgan fingerprint density at radius 1 is 1.30 bits per heavy atom. The van der Waals surface area contributed by atoms with Crippen LogP contribution in [-0.4, -0.2) is 53.0 Å². The first-order valence-corrected chi connectivity index (χ1v) is 10.6. The van der Waals surface area contributed by atoms with Gasteiger partial charge < -0.3 is 15.0 Å². The summed E-state index contributed by atoms with van der Waals surface area (Å²) >= 11 is 5.39. The second kappa shape index (κ2) is 10.0. The zero-order chi connectivity index (χ0) is 22.5. The number of thiocarbonyl (C=S) groups is 1. The molecule has 8 heteroatoms. The van der Waals surface area contributed by atoms with Gasteiger partial charge in [-0.2, -0.15) is 0 Å². The number of ether oxygens (including phenoxy) is 1. The molecule has 1 aliphatic heterocycles. The van der Waals surface area contributed by atoms with E-state index in [1.54, 1.807) is 24.0 Å². The lowest BCUT2D eigenvalue weighted by Crippen LogP contribution is -2.60. The number of carbonyl (C=O) groups excluding carboxylic acids is 3. The Labute approximate surface area is 183 Å². The number of piperazine rings is 1. The molecule has 30 heavy (non-hydrogen) atoms. The molecule has 1 aliphatic rings. The van der Waals surface area contributed by atoms with Crippen molar-refractivity contribution in [3.63, 3.8) is 0 Å². The number of rotatable bonds is 5. The highest BCUT2D eigenvalue weighted by atomic mass is 32.1. The molecule has 2 amide bonds. The zero-order valence-corrected chi connectivity index (χ0v) is 19.1. The standard InChI is InChI=1S/C22H31N3O4S/c1-6-14(2)29-18(26)13-17-20(28)23-11-12-25(17)21(30)24-19(27)15-7-9-16(10-8-15)22(3,4)5/h7-10,14,17H,6,11-13H2,1-5H3,(H,23,28)(H,24,27,30). The monoisotopic (exact) mass is 433 g/mol. The minimum Gasteiger partial charge on any atom is -0.463 e. The van der Waals surface area contributed by atoms with Crippen molar-refractivity contribution < 1.29 is 19.1 Å². The number of benzene rings is 1. The van der Waals surface area contributed by atoms with E-state index < -0.39 is 12.0 Å². The van der Waals surface area contributed by atoms with Crippen LogP contribution in [0.15, 0.2) is 24.3 Å². The van der Waals surface area contributed by atoms with Crippen molar-refractivity contribution in [2.75, 3.05) is 13.1 Å². The molecule has 2 N–H and O–H groups in total. The summed E-state index contributed by atoms with van der Waals surface area (Å²) in [6.07, 6.45) is 0.335. The Kier molecular flexibility index (Phi) is 7.95. The van der Waals surface area contributed by atoms with Gasteiger partial charge >= 0.3 is 5.97 Å². The molecule has 1 aromatic rings. The highest BCUT2D eigenvalue weighted by Crippen LogP contribution is 2.22. The van der Waals surface area contributed by atoms with Crippen molar-refractivity contribution in [1.29, 1.82) is 0 Å². The van der Waals surface area contributed by atoms with Gasteiger partial charge in [0.15, 0.2) is 5.11 Å². The van der Waals surface area contributed by atoms with Crippen molar-refractivity contribution in [2.45, 2.75) is 65.0 Å². The minimum atomic E-state index is -0.814. The lowest BCUT2D eigenvalue weighted by molar-refractivity contribution is -0.151. The maximum atomic E-state index is 12.6. The first-order valence-electron chi connectivity index (χ1n) is 10.2. The third-order valence-corrected chi connectivity index (χ3v) is 5.43. The topological polar surface area (TPSA) is 87.7 Å². The van der Waals surface area contributed by atoms with Gasteiger partial charge in [-0.1, -0.05) is 39.8 Å². The Morgan fingerprint density at radius 3 is 2.50 bits per heavy atom. The van der Waals surface area contributed by atoms with Crippen molar-refractivity contribution in [1.82, 2.24) is 15.5 Å². The number of nitrogens with zero attached hydrogens (tertiary/aromatic N) is 1. The van der Waals surface area contributed by atoms with Gasteiger partial charge in [-0.25, -0.2) is 0 Å². The molecule has 0 bridgehead atoms. The first kappa shape index (κ1) is 23.8. The molecule has 0 aliphatic carbocycles. The Bertz CT molecular complexity index is 802. The van der Waals surface area contributed by atoms with Crippen LogP contribution in [0.5, 0.6) is 0 Å². The largest absolute Gasteiger partial charge is 0.463 e. The van der Waals surface area contributed by atoms with Crippen molar-refractivity contribution in [3.05, 3.63) is 35.4 Å². The van der Waals surface area contributed by atoms with Gasteiger partial charge in [-0.15, -0.1) is 0 Å². The average molecular weight is 434 g/mol. The molecular weight excluding hydrogens is 402 g/mol. The van der Waals surface area contributed by atoms with Crippen molar-refractivity contribution in [2.24, 2.45) is 0 Å². The zero-order valence-electron chi connectivity index (χ0n) is 18.3. The number of esters is 1. The Morgan fingerprint density at radius 2 is 1.93 bits per heavy atom. The van der Waals surface area contributed by atoms with Crippen molar-refractivity contribution in [3.8, 4) is 0 Å². The number of hydrogen-bond acceptors (Lipinski definition) is 5. The van der Waals surface area contributed by atoms with E-state index >= 15 is 0 Å². The average Bonchev–Trinajstić information content (AvgIpc) is 2.68. The summed E-state index contributed by atoms with van der Waals surface area (Å²) in [5.41, 5.74) is 1.58. The molecule has 2 atom stereocenters. The molecule has 1 heterocycles. The quantitative estimate of drug-likeness (QED) is 0.548. The molecule has 0 saturated carbocycles.